The third-order valence-corrected chi connectivity index (χ3v) is 3.95. The van der Waals surface area contributed by atoms with Crippen LogP contribution in [0.3, 0.4) is 0 Å². The first-order valence-electron chi connectivity index (χ1n) is 7.35. The van der Waals surface area contributed by atoms with Gasteiger partial charge in [0.2, 0.25) is 5.69 Å². The number of ether oxygens (including phenoxy) is 1. The maximum absolute atomic E-state index is 11.9. The van der Waals surface area contributed by atoms with Crippen molar-refractivity contribution >= 4 is 11.6 Å². The second kappa shape index (κ2) is 7.33. The molecule has 0 bridgehead atoms. The van der Waals surface area contributed by atoms with E-state index in [4.69, 9.17) is 20.9 Å². The monoisotopic (exact) mass is 345 g/mol. The molecule has 0 aliphatic heterocycles. The average molecular weight is 346 g/mol. The van der Waals surface area contributed by atoms with E-state index in [1.807, 2.05) is 24.3 Å². The van der Waals surface area contributed by atoms with Crippen LogP contribution in [0, 0.1) is 0 Å². The Morgan fingerprint density at radius 3 is 2.62 bits per heavy atom. The lowest BCUT2D eigenvalue weighted by atomic mass is 10.2. The quantitative estimate of drug-likeness (QED) is 0.691. The third-order valence-electron chi connectivity index (χ3n) is 3.58. The first-order chi connectivity index (χ1) is 11.7. The number of hydrogen-bond acceptors (Lipinski definition) is 5. The van der Waals surface area contributed by atoms with Gasteiger partial charge in [0.1, 0.15) is 5.75 Å². The van der Waals surface area contributed by atoms with Crippen molar-refractivity contribution in [2.45, 2.75) is 13.1 Å². The number of nitrogens with zero attached hydrogens (tertiary/aromatic N) is 2. The molecular weight excluding hydrogens is 330 g/mol. The van der Waals surface area contributed by atoms with Crippen molar-refractivity contribution < 1.29 is 19.0 Å². The van der Waals surface area contributed by atoms with Crippen LogP contribution in [-0.2, 0) is 13.1 Å². The van der Waals surface area contributed by atoms with Gasteiger partial charge in [0.25, 0.3) is 5.69 Å². The van der Waals surface area contributed by atoms with Gasteiger partial charge in [-0.3, -0.25) is 0 Å². The number of hydrogen-bond donors (Lipinski definition) is 1. The van der Waals surface area contributed by atoms with Crippen LogP contribution in [0.2, 0.25) is 5.02 Å². The summed E-state index contributed by atoms with van der Waals surface area (Å²) in [6, 6.07) is 14.7. The molecule has 0 unspecified atom stereocenters. The molecule has 7 heteroatoms. The molecule has 0 radical (unpaired) electrons. The molecule has 1 heterocycles. The molecule has 3 aromatic rings. The van der Waals surface area contributed by atoms with Gasteiger partial charge in [-0.1, -0.05) is 29.8 Å². The zero-order valence-electron chi connectivity index (χ0n) is 13.0. The minimum Gasteiger partial charge on any atom is -0.539 e. The maximum atomic E-state index is 11.9. The number of aromatic nitrogens is 2. The molecule has 0 atom stereocenters. The molecular formula is C17H16ClN3O3. The highest BCUT2D eigenvalue weighted by molar-refractivity contribution is 6.31. The summed E-state index contributed by atoms with van der Waals surface area (Å²) in [5.74, 6) is 0.251. The number of benzene rings is 2. The van der Waals surface area contributed by atoms with Crippen molar-refractivity contribution in [2.75, 3.05) is 7.11 Å². The minimum atomic E-state index is -0.475. The fraction of sp³-hybridized carbons (Fsp3) is 0.176. The minimum absolute atomic E-state index is 0.305. The van der Waals surface area contributed by atoms with Crippen LogP contribution < -0.4 is 19.8 Å². The Labute approximate surface area is 144 Å². The topological polar surface area (TPSA) is 74.2 Å². The zero-order valence-corrected chi connectivity index (χ0v) is 13.8. The highest BCUT2D eigenvalue weighted by Gasteiger charge is 2.20. The molecule has 0 saturated heterocycles. The Morgan fingerprint density at radius 1 is 1.17 bits per heavy atom. The van der Waals surface area contributed by atoms with Crippen LogP contribution in [-0.4, -0.2) is 12.4 Å². The summed E-state index contributed by atoms with van der Waals surface area (Å²) in [4.78, 5) is 0. The lowest BCUT2D eigenvalue weighted by Gasteiger charge is -2.05. The van der Waals surface area contributed by atoms with Gasteiger partial charge in [0.15, 0.2) is 5.95 Å². The predicted molar refractivity (Wildman–Crippen MR) is 86.0 cm³/mol. The van der Waals surface area contributed by atoms with Gasteiger partial charge in [-0.2, -0.15) is 0 Å². The van der Waals surface area contributed by atoms with Crippen molar-refractivity contribution in [3.8, 4) is 17.4 Å². The van der Waals surface area contributed by atoms with Crippen LogP contribution in [0.1, 0.15) is 11.3 Å². The zero-order chi connectivity index (χ0) is 16.9. The van der Waals surface area contributed by atoms with E-state index in [9.17, 15) is 5.11 Å². The summed E-state index contributed by atoms with van der Waals surface area (Å²) >= 11 is 6.12. The Kier molecular flexibility index (Phi) is 4.98. The molecule has 124 valence electrons. The second-order valence-electron chi connectivity index (χ2n) is 5.11. The fourth-order valence-corrected chi connectivity index (χ4v) is 2.50. The average Bonchev–Trinajstić information content (AvgIpc) is 2.97. The van der Waals surface area contributed by atoms with Gasteiger partial charge in [-0.05, 0) is 28.4 Å². The van der Waals surface area contributed by atoms with E-state index in [1.54, 1.807) is 31.4 Å². The molecule has 0 spiro atoms. The van der Waals surface area contributed by atoms with Gasteiger partial charge >= 0.3 is 0 Å². The summed E-state index contributed by atoms with van der Waals surface area (Å²) in [6.07, 6.45) is 0. The Balaban J connectivity index is 1.74. The smallest absolute Gasteiger partial charge is 0.253 e. The predicted octanol–water partition coefficient (Wildman–Crippen LogP) is 1.98. The summed E-state index contributed by atoms with van der Waals surface area (Å²) < 4.78 is 11.4. The Hall–Kier alpha value is -2.57. The van der Waals surface area contributed by atoms with Crippen molar-refractivity contribution in [2.24, 2.45) is 0 Å². The normalized spacial score (nSPS) is 10.8. The van der Waals surface area contributed by atoms with E-state index >= 15 is 0 Å². The molecule has 0 aliphatic carbocycles. The van der Waals surface area contributed by atoms with Crippen LogP contribution in [0.5, 0.6) is 11.7 Å². The van der Waals surface area contributed by atoms with Gasteiger partial charge in [0, 0.05) is 23.7 Å². The SMILES string of the molecule is COc1ccc(-[n+]2noc([O-])c2CNCc2ccccc2Cl)cc1. The Bertz CT molecular complexity index is 818. The van der Waals surface area contributed by atoms with Crippen LogP contribution >= 0.6 is 11.6 Å². The first kappa shape index (κ1) is 16.3. The largest absolute Gasteiger partial charge is 0.539 e. The molecule has 0 fully saturated rings. The van der Waals surface area contributed by atoms with Crippen molar-refractivity contribution in [3.63, 3.8) is 0 Å². The Morgan fingerprint density at radius 2 is 1.92 bits per heavy atom. The first-order valence-corrected chi connectivity index (χ1v) is 7.73. The summed E-state index contributed by atoms with van der Waals surface area (Å²) in [5, 5.41) is 19.6. The molecule has 0 aliphatic rings. The summed E-state index contributed by atoms with van der Waals surface area (Å²) in [6.45, 7) is 0.840. The molecule has 6 nitrogen and oxygen atoms in total. The molecule has 0 amide bonds. The van der Waals surface area contributed by atoms with Gasteiger partial charge in [0.05, 0.1) is 18.9 Å². The maximum Gasteiger partial charge on any atom is 0.253 e. The van der Waals surface area contributed by atoms with Crippen LogP contribution in [0.4, 0.5) is 0 Å². The number of rotatable bonds is 6. The van der Waals surface area contributed by atoms with Crippen molar-refractivity contribution in [1.29, 1.82) is 0 Å². The van der Waals surface area contributed by atoms with E-state index in [2.05, 4.69) is 10.6 Å². The molecule has 0 saturated carbocycles. The van der Waals surface area contributed by atoms with Gasteiger partial charge in [-0.15, -0.1) is 0 Å². The van der Waals surface area contributed by atoms with Crippen LogP contribution in [0.15, 0.2) is 53.1 Å². The van der Waals surface area contributed by atoms with Crippen molar-refractivity contribution in [1.82, 2.24) is 10.6 Å². The van der Waals surface area contributed by atoms with E-state index in [-0.39, 0.29) is 0 Å². The fourth-order valence-electron chi connectivity index (χ4n) is 2.30. The summed E-state index contributed by atoms with van der Waals surface area (Å²) in [7, 11) is 1.60. The molecule has 24 heavy (non-hydrogen) atoms. The lowest BCUT2D eigenvalue weighted by Crippen LogP contribution is -2.38. The number of halogens is 1. The molecule has 1 N–H and O–H groups in total. The van der Waals surface area contributed by atoms with Gasteiger partial charge in [-0.25, -0.2) is 0 Å². The summed E-state index contributed by atoms with van der Waals surface area (Å²) in [5.41, 5.74) is 2.09. The lowest BCUT2D eigenvalue weighted by molar-refractivity contribution is -0.677. The van der Waals surface area contributed by atoms with Gasteiger partial charge < -0.3 is 19.7 Å². The standard InChI is InChI=1S/C17H16ClN3O3/c1-23-14-8-6-13(7-9-14)21-16(17(22)24-20-21)11-19-10-12-4-2-3-5-15(12)18/h2-9,19H,10-11H2,1H3. The van der Waals surface area contributed by atoms with Crippen LogP contribution in [0.25, 0.3) is 5.69 Å². The highest BCUT2D eigenvalue weighted by atomic mass is 35.5. The van der Waals surface area contributed by atoms with E-state index in [0.29, 0.717) is 23.8 Å². The van der Waals surface area contributed by atoms with E-state index < -0.39 is 5.95 Å². The number of methoxy groups -OCH3 is 1. The van der Waals surface area contributed by atoms with Crippen molar-refractivity contribution in [3.05, 3.63) is 64.8 Å². The third kappa shape index (κ3) is 3.50. The molecule has 1 aromatic heterocycles. The molecule has 2 aromatic carbocycles. The number of nitrogens with one attached hydrogen (secondary N) is 1. The second-order valence-corrected chi connectivity index (χ2v) is 5.52. The van der Waals surface area contributed by atoms with E-state index in [0.717, 1.165) is 17.0 Å². The molecule has 3 rings (SSSR count). The van der Waals surface area contributed by atoms with E-state index in [1.165, 1.54) is 4.68 Å². The highest BCUT2D eigenvalue weighted by Crippen LogP contribution is 2.16.